The van der Waals surface area contributed by atoms with Crippen LogP contribution in [0.3, 0.4) is 0 Å². The van der Waals surface area contributed by atoms with Crippen LogP contribution in [0.4, 0.5) is 5.82 Å². The first-order chi connectivity index (χ1) is 8.30. The average molecular weight is 265 g/mol. The Labute approximate surface area is 106 Å². The van der Waals surface area contributed by atoms with E-state index in [1.54, 1.807) is 36.0 Å². The molecule has 6 heteroatoms. The van der Waals surface area contributed by atoms with E-state index in [1.807, 2.05) is 6.92 Å². The maximum atomic E-state index is 11.4. The molecule has 0 aliphatic rings. The number of aryl methyl sites for hydroxylation is 1. The normalized spacial score (nSPS) is 11.7. The van der Waals surface area contributed by atoms with Gasteiger partial charge in [-0.25, -0.2) is 8.42 Å². The van der Waals surface area contributed by atoms with Crippen molar-refractivity contribution >= 4 is 15.7 Å². The second-order valence-corrected chi connectivity index (χ2v) is 6.29. The Bertz CT molecular complexity index is 685. The molecule has 0 spiro atoms. The molecule has 1 heterocycles. The average Bonchev–Trinajstić information content (AvgIpc) is 2.56. The van der Waals surface area contributed by atoms with Crippen molar-refractivity contribution in [3.05, 3.63) is 29.8 Å². The number of nitrogens with zero attached hydrogens (tertiary/aromatic N) is 2. The molecule has 0 aliphatic carbocycles. The first-order valence-electron chi connectivity index (χ1n) is 5.40. The lowest BCUT2D eigenvalue weighted by atomic mass is 10.1. The number of sulfone groups is 1. The topological polar surface area (TPSA) is 78.0 Å². The Morgan fingerprint density at radius 1 is 1.22 bits per heavy atom. The molecule has 0 radical (unpaired) electrons. The van der Waals surface area contributed by atoms with Crippen LogP contribution >= 0.6 is 0 Å². The first-order valence-corrected chi connectivity index (χ1v) is 7.29. The number of rotatable bonds is 2. The molecule has 5 nitrogen and oxygen atoms in total. The standard InChI is InChI=1S/C12H15N3O2S/c1-8-11(14-15(2)12(8)13)9-4-6-10(7-5-9)18(3,16)17/h4-7H,13H2,1-3H3. The molecule has 0 atom stereocenters. The van der Waals surface area contributed by atoms with Crippen molar-refractivity contribution in [1.29, 1.82) is 0 Å². The van der Waals surface area contributed by atoms with Gasteiger partial charge in [-0.2, -0.15) is 5.10 Å². The molecule has 2 N–H and O–H groups in total. The van der Waals surface area contributed by atoms with Crippen molar-refractivity contribution < 1.29 is 8.42 Å². The van der Waals surface area contributed by atoms with Crippen molar-refractivity contribution in [3.63, 3.8) is 0 Å². The molecule has 0 fully saturated rings. The highest BCUT2D eigenvalue weighted by Crippen LogP contribution is 2.26. The summed E-state index contributed by atoms with van der Waals surface area (Å²) in [7, 11) is -1.39. The fourth-order valence-corrected chi connectivity index (χ4v) is 2.41. The Morgan fingerprint density at radius 3 is 2.17 bits per heavy atom. The van der Waals surface area contributed by atoms with E-state index in [9.17, 15) is 8.42 Å². The summed E-state index contributed by atoms with van der Waals surface area (Å²) in [5.74, 6) is 0.609. The zero-order chi connectivity index (χ0) is 13.5. The fraction of sp³-hybridized carbons (Fsp3) is 0.250. The van der Waals surface area contributed by atoms with Crippen molar-refractivity contribution in [2.45, 2.75) is 11.8 Å². The lowest BCUT2D eigenvalue weighted by Gasteiger charge is -2.01. The van der Waals surface area contributed by atoms with Crippen LogP contribution in [0.1, 0.15) is 5.56 Å². The molecule has 0 unspecified atom stereocenters. The quantitative estimate of drug-likeness (QED) is 0.889. The highest BCUT2D eigenvalue weighted by molar-refractivity contribution is 7.90. The summed E-state index contributed by atoms with van der Waals surface area (Å²) in [6, 6.07) is 6.64. The summed E-state index contributed by atoms with van der Waals surface area (Å²) in [6.45, 7) is 1.89. The summed E-state index contributed by atoms with van der Waals surface area (Å²) >= 11 is 0. The van der Waals surface area contributed by atoms with E-state index in [0.717, 1.165) is 16.8 Å². The lowest BCUT2D eigenvalue weighted by molar-refractivity contribution is 0.602. The van der Waals surface area contributed by atoms with Gasteiger partial charge in [0.05, 0.1) is 10.6 Å². The summed E-state index contributed by atoms with van der Waals surface area (Å²) in [4.78, 5) is 0.299. The van der Waals surface area contributed by atoms with E-state index < -0.39 is 9.84 Å². The predicted octanol–water partition coefficient (Wildman–Crippen LogP) is 1.38. The smallest absolute Gasteiger partial charge is 0.175 e. The van der Waals surface area contributed by atoms with Crippen LogP contribution < -0.4 is 5.73 Å². The van der Waals surface area contributed by atoms with Crippen LogP contribution in [0.25, 0.3) is 11.3 Å². The zero-order valence-electron chi connectivity index (χ0n) is 10.5. The van der Waals surface area contributed by atoms with E-state index >= 15 is 0 Å². The number of benzene rings is 1. The lowest BCUT2D eigenvalue weighted by Crippen LogP contribution is -1.97. The Balaban J connectivity index is 2.50. The van der Waals surface area contributed by atoms with Crippen LogP contribution in [-0.4, -0.2) is 24.5 Å². The van der Waals surface area contributed by atoms with E-state index in [1.165, 1.54) is 6.26 Å². The van der Waals surface area contributed by atoms with Crippen molar-refractivity contribution in [2.75, 3.05) is 12.0 Å². The highest BCUT2D eigenvalue weighted by Gasteiger charge is 2.12. The molecule has 1 aromatic carbocycles. The Morgan fingerprint density at radius 2 is 1.78 bits per heavy atom. The van der Waals surface area contributed by atoms with Gasteiger partial charge in [0.15, 0.2) is 9.84 Å². The number of hydrogen-bond donors (Lipinski definition) is 1. The van der Waals surface area contributed by atoms with Crippen molar-refractivity contribution in [2.24, 2.45) is 7.05 Å². The molecule has 0 aliphatic heterocycles. The largest absolute Gasteiger partial charge is 0.384 e. The van der Waals surface area contributed by atoms with E-state index in [0.29, 0.717) is 10.7 Å². The van der Waals surface area contributed by atoms with Gasteiger partial charge in [-0.05, 0) is 19.1 Å². The second kappa shape index (κ2) is 4.13. The molecular formula is C12H15N3O2S. The number of hydrogen-bond acceptors (Lipinski definition) is 4. The summed E-state index contributed by atoms with van der Waals surface area (Å²) in [6.07, 6.45) is 1.19. The summed E-state index contributed by atoms with van der Waals surface area (Å²) in [5, 5.41) is 4.31. The molecule has 2 rings (SSSR count). The number of anilines is 1. The van der Waals surface area contributed by atoms with Gasteiger partial charge in [-0.3, -0.25) is 4.68 Å². The van der Waals surface area contributed by atoms with Crippen LogP contribution in [-0.2, 0) is 16.9 Å². The molecule has 0 bridgehead atoms. The van der Waals surface area contributed by atoms with Gasteiger partial charge in [0.25, 0.3) is 0 Å². The maximum Gasteiger partial charge on any atom is 0.175 e. The van der Waals surface area contributed by atoms with Gasteiger partial charge in [-0.15, -0.1) is 0 Å². The van der Waals surface area contributed by atoms with Crippen LogP contribution in [0, 0.1) is 6.92 Å². The first kappa shape index (κ1) is 12.6. The third-order valence-corrected chi connectivity index (χ3v) is 4.02. The monoisotopic (exact) mass is 265 g/mol. The molecule has 0 amide bonds. The summed E-state index contributed by atoms with van der Waals surface area (Å²) < 4.78 is 24.3. The van der Waals surface area contributed by atoms with Crippen molar-refractivity contribution in [1.82, 2.24) is 9.78 Å². The minimum absolute atomic E-state index is 0.299. The SMILES string of the molecule is Cc1c(-c2ccc(S(C)(=O)=O)cc2)nn(C)c1N. The number of nitrogens with two attached hydrogens (primary N) is 1. The molecule has 96 valence electrons. The van der Waals surface area contributed by atoms with Gasteiger partial charge < -0.3 is 5.73 Å². The predicted molar refractivity (Wildman–Crippen MR) is 70.9 cm³/mol. The molecular weight excluding hydrogens is 250 g/mol. The van der Waals surface area contributed by atoms with E-state index in [2.05, 4.69) is 5.10 Å². The van der Waals surface area contributed by atoms with Gasteiger partial charge in [-0.1, -0.05) is 12.1 Å². The van der Waals surface area contributed by atoms with Gasteiger partial charge in [0.2, 0.25) is 0 Å². The summed E-state index contributed by atoms with van der Waals surface area (Å²) in [5.41, 5.74) is 8.36. The second-order valence-electron chi connectivity index (χ2n) is 4.28. The zero-order valence-corrected chi connectivity index (χ0v) is 11.3. The van der Waals surface area contributed by atoms with E-state index in [4.69, 9.17) is 5.73 Å². The van der Waals surface area contributed by atoms with Crippen LogP contribution in [0.15, 0.2) is 29.2 Å². The molecule has 2 aromatic rings. The fourth-order valence-electron chi connectivity index (χ4n) is 1.78. The molecule has 1 aromatic heterocycles. The minimum atomic E-state index is -3.17. The van der Waals surface area contributed by atoms with Crippen LogP contribution in [0.2, 0.25) is 0 Å². The van der Waals surface area contributed by atoms with E-state index in [-0.39, 0.29) is 0 Å². The Hall–Kier alpha value is -1.82. The molecule has 18 heavy (non-hydrogen) atoms. The maximum absolute atomic E-state index is 11.4. The molecule has 0 saturated carbocycles. The Kier molecular flexibility index (Phi) is 2.90. The minimum Gasteiger partial charge on any atom is -0.384 e. The van der Waals surface area contributed by atoms with Gasteiger partial charge in [0, 0.05) is 24.4 Å². The number of nitrogen functional groups attached to an aromatic ring is 1. The van der Waals surface area contributed by atoms with Crippen LogP contribution in [0.5, 0.6) is 0 Å². The number of aromatic nitrogens is 2. The third-order valence-electron chi connectivity index (χ3n) is 2.89. The van der Waals surface area contributed by atoms with Crippen molar-refractivity contribution in [3.8, 4) is 11.3 Å². The van der Waals surface area contributed by atoms with Gasteiger partial charge >= 0.3 is 0 Å². The molecule has 0 saturated heterocycles. The highest BCUT2D eigenvalue weighted by atomic mass is 32.2. The van der Waals surface area contributed by atoms with Gasteiger partial charge in [0.1, 0.15) is 5.82 Å². The third kappa shape index (κ3) is 2.11.